The van der Waals surface area contributed by atoms with Crippen molar-refractivity contribution >= 4 is 11.9 Å². The molecule has 0 N–H and O–H groups in total. The van der Waals surface area contributed by atoms with Crippen molar-refractivity contribution in [2.45, 2.75) is 39.4 Å². The molecule has 4 nitrogen and oxygen atoms in total. The molecule has 2 rings (SSSR count). The summed E-state index contributed by atoms with van der Waals surface area (Å²) >= 11 is 0. The molecule has 2 bridgehead atoms. The van der Waals surface area contributed by atoms with Gasteiger partial charge in [-0.1, -0.05) is 20.4 Å². The monoisotopic (exact) mass is 238 g/mol. The Morgan fingerprint density at radius 2 is 2.12 bits per heavy atom. The number of carbonyl (C=O) groups is 2. The first-order valence-corrected chi connectivity index (χ1v) is 5.98. The molecule has 5 atom stereocenters. The van der Waals surface area contributed by atoms with Gasteiger partial charge in [0, 0.05) is 11.5 Å². The lowest BCUT2D eigenvalue weighted by molar-refractivity contribution is -0.162. The largest absolute Gasteiger partial charge is 0.458 e. The summed E-state index contributed by atoms with van der Waals surface area (Å²) in [5, 5.41) is 0. The number of ether oxygens (including phenoxy) is 2. The molecule has 0 aromatic carbocycles. The van der Waals surface area contributed by atoms with E-state index in [-0.39, 0.29) is 35.9 Å². The molecule has 4 heteroatoms. The van der Waals surface area contributed by atoms with Crippen molar-refractivity contribution in [1.29, 1.82) is 0 Å². The topological polar surface area (TPSA) is 52.6 Å². The van der Waals surface area contributed by atoms with E-state index in [0.717, 1.165) is 6.42 Å². The number of hydrogen-bond donors (Lipinski definition) is 0. The van der Waals surface area contributed by atoms with Crippen LogP contribution in [-0.2, 0) is 19.1 Å². The van der Waals surface area contributed by atoms with E-state index >= 15 is 0 Å². The molecule has 1 heterocycles. The predicted octanol–water partition coefficient (Wildman–Crippen LogP) is 1.69. The van der Waals surface area contributed by atoms with E-state index in [1.807, 2.05) is 13.8 Å². The fourth-order valence-corrected chi connectivity index (χ4v) is 2.72. The Labute approximate surface area is 101 Å². The standard InChI is InChI=1S/C13H18O4/c1-6(2)12(14)16-10-7(3)5-9-8(4)11(10)17-13(9)15/h7-11H,1,5H2,2-4H3. The van der Waals surface area contributed by atoms with Crippen molar-refractivity contribution in [2.75, 3.05) is 0 Å². The quantitative estimate of drug-likeness (QED) is 0.542. The molecular weight excluding hydrogens is 220 g/mol. The van der Waals surface area contributed by atoms with Crippen molar-refractivity contribution in [3.05, 3.63) is 12.2 Å². The van der Waals surface area contributed by atoms with Gasteiger partial charge in [0.1, 0.15) is 12.2 Å². The Bertz CT molecular complexity index is 374. The molecule has 1 saturated heterocycles. The molecule has 1 aliphatic carbocycles. The van der Waals surface area contributed by atoms with E-state index in [9.17, 15) is 9.59 Å². The first-order valence-electron chi connectivity index (χ1n) is 5.98. The number of fused-ring (bicyclic) bond motifs is 2. The van der Waals surface area contributed by atoms with E-state index in [4.69, 9.17) is 9.47 Å². The maximum atomic E-state index is 11.6. The SMILES string of the molecule is C=C(C)C(=O)OC1C(C)CC2C(=O)OC1C2C. The van der Waals surface area contributed by atoms with Crippen LogP contribution in [0.2, 0.25) is 0 Å². The van der Waals surface area contributed by atoms with Gasteiger partial charge in [0.2, 0.25) is 0 Å². The average molecular weight is 238 g/mol. The summed E-state index contributed by atoms with van der Waals surface area (Å²) in [4.78, 5) is 23.2. The van der Waals surface area contributed by atoms with Crippen molar-refractivity contribution in [3.63, 3.8) is 0 Å². The minimum absolute atomic E-state index is 0.0326. The second kappa shape index (κ2) is 4.17. The van der Waals surface area contributed by atoms with Crippen LogP contribution in [0.15, 0.2) is 12.2 Å². The molecule has 2 aliphatic rings. The minimum atomic E-state index is -0.407. The third-order valence-electron chi connectivity index (χ3n) is 3.81. The highest BCUT2D eigenvalue weighted by Crippen LogP contribution is 2.43. The third-order valence-corrected chi connectivity index (χ3v) is 3.81. The highest BCUT2D eigenvalue weighted by atomic mass is 16.6. The molecular formula is C13H18O4. The molecule has 0 aromatic heterocycles. The predicted molar refractivity (Wildman–Crippen MR) is 61.0 cm³/mol. The maximum absolute atomic E-state index is 11.6. The normalized spacial score (nSPS) is 39.7. The summed E-state index contributed by atoms with van der Waals surface area (Å²) in [5.74, 6) is -0.314. The fraction of sp³-hybridized carbons (Fsp3) is 0.692. The molecule has 0 amide bonds. The van der Waals surface area contributed by atoms with Crippen LogP contribution < -0.4 is 0 Å². The summed E-state index contributed by atoms with van der Waals surface area (Å²) in [7, 11) is 0. The highest BCUT2D eigenvalue weighted by molar-refractivity contribution is 5.87. The fourth-order valence-electron chi connectivity index (χ4n) is 2.72. The molecule has 0 radical (unpaired) electrons. The summed E-state index contributed by atoms with van der Waals surface area (Å²) in [6.45, 7) is 9.14. The number of rotatable bonds is 2. The van der Waals surface area contributed by atoms with Crippen molar-refractivity contribution in [3.8, 4) is 0 Å². The van der Waals surface area contributed by atoms with Gasteiger partial charge >= 0.3 is 11.9 Å². The van der Waals surface area contributed by atoms with Gasteiger partial charge in [-0.3, -0.25) is 4.79 Å². The summed E-state index contributed by atoms with van der Waals surface area (Å²) in [6, 6.07) is 0. The first kappa shape index (κ1) is 12.1. The van der Waals surface area contributed by atoms with Crippen LogP contribution in [0.4, 0.5) is 0 Å². The van der Waals surface area contributed by atoms with Crippen LogP contribution in [0.1, 0.15) is 27.2 Å². The van der Waals surface area contributed by atoms with Crippen LogP contribution in [-0.4, -0.2) is 24.1 Å². The molecule has 17 heavy (non-hydrogen) atoms. The maximum Gasteiger partial charge on any atom is 0.333 e. The second-order valence-electron chi connectivity index (χ2n) is 5.23. The first-order chi connectivity index (χ1) is 7.91. The zero-order valence-electron chi connectivity index (χ0n) is 10.4. The Morgan fingerprint density at radius 3 is 2.71 bits per heavy atom. The Hall–Kier alpha value is -1.32. The van der Waals surface area contributed by atoms with Crippen molar-refractivity contribution < 1.29 is 19.1 Å². The molecule has 1 aliphatic heterocycles. The lowest BCUT2D eigenvalue weighted by Crippen LogP contribution is -2.44. The van der Waals surface area contributed by atoms with Gasteiger partial charge in [-0.2, -0.15) is 0 Å². The Kier molecular flexibility index (Phi) is 2.98. The highest BCUT2D eigenvalue weighted by Gasteiger charge is 2.53. The van der Waals surface area contributed by atoms with Gasteiger partial charge in [0.15, 0.2) is 0 Å². The molecule has 1 saturated carbocycles. The molecule has 2 fully saturated rings. The lowest BCUT2D eigenvalue weighted by Gasteiger charge is -2.35. The van der Waals surface area contributed by atoms with Crippen LogP contribution in [0, 0.1) is 17.8 Å². The van der Waals surface area contributed by atoms with Crippen LogP contribution >= 0.6 is 0 Å². The second-order valence-corrected chi connectivity index (χ2v) is 5.23. The van der Waals surface area contributed by atoms with E-state index < -0.39 is 5.97 Å². The van der Waals surface area contributed by atoms with Crippen LogP contribution in [0.25, 0.3) is 0 Å². The van der Waals surface area contributed by atoms with Gasteiger partial charge in [-0.25, -0.2) is 4.79 Å². The van der Waals surface area contributed by atoms with Gasteiger partial charge in [0.05, 0.1) is 5.92 Å². The molecule has 94 valence electrons. The lowest BCUT2D eigenvalue weighted by atomic mass is 9.74. The van der Waals surface area contributed by atoms with E-state index in [0.29, 0.717) is 5.57 Å². The van der Waals surface area contributed by atoms with E-state index in [1.54, 1.807) is 6.92 Å². The van der Waals surface area contributed by atoms with Crippen molar-refractivity contribution in [2.24, 2.45) is 17.8 Å². The summed E-state index contributed by atoms with van der Waals surface area (Å²) in [5.41, 5.74) is 0.372. The number of hydrogen-bond acceptors (Lipinski definition) is 4. The number of esters is 2. The van der Waals surface area contributed by atoms with Gasteiger partial charge in [-0.15, -0.1) is 0 Å². The number of carbonyl (C=O) groups excluding carboxylic acids is 2. The molecule has 0 spiro atoms. The molecule has 5 unspecified atom stereocenters. The Morgan fingerprint density at radius 1 is 1.47 bits per heavy atom. The van der Waals surface area contributed by atoms with E-state index in [1.165, 1.54) is 0 Å². The smallest absolute Gasteiger partial charge is 0.333 e. The Balaban J connectivity index is 2.14. The summed E-state index contributed by atoms with van der Waals surface area (Å²) < 4.78 is 10.7. The third kappa shape index (κ3) is 1.96. The minimum Gasteiger partial charge on any atom is -0.458 e. The zero-order valence-corrected chi connectivity index (χ0v) is 10.4. The zero-order chi connectivity index (χ0) is 12.7. The average Bonchev–Trinajstić information content (AvgIpc) is 2.44. The van der Waals surface area contributed by atoms with Gasteiger partial charge in [-0.05, 0) is 19.3 Å². The molecule has 0 aromatic rings. The van der Waals surface area contributed by atoms with Crippen LogP contribution in [0.5, 0.6) is 0 Å². The van der Waals surface area contributed by atoms with Gasteiger partial charge in [0.25, 0.3) is 0 Å². The van der Waals surface area contributed by atoms with E-state index in [2.05, 4.69) is 6.58 Å². The summed E-state index contributed by atoms with van der Waals surface area (Å²) in [6.07, 6.45) is 0.0985. The van der Waals surface area contributed by atoms with Crippen LogP contribution in [0.3, 0.4) is 0 Å². The van der Waals surface area contributed by atoms with Gasteiger partial charge < -0.3 is 9.47 Å². The van der Waals surface area contributed by atoms with Crippen molar-refractivity contribution in [1.82, 2.24) is 0 Å².